The maximum absolute atomic E-state index is 13.4. The quantitative estimate of drug-likeness (QED) is 0.271. The molecule has 0 radical (unpaired) electrons. The van der Waals surface area contributed by atoms with Crippen LogP contribution in [0.5, 0.6) is 0 Å². The molecule has 0 unspecified atom stereocenters. The van der Waals surface area contributed by atoms with Crippen molar-refractivity contribution in [3.63, 3.8) is 0 Å². The molecule has 1 amide bonds. The number of imidazole rings is 1. The molecule has 6 heterocycles. The third kappa shape index (κ3) is 5.23. The number of tetrazole rings is 1. The maximum atomic E-state index is 13.4. The van der Waals surface area contributed by atoms with Gasteiger partial charge in [-0.1, -0.05) is 11.6 Å². The number of hydrogen-bond donors (Lipinski definition) is 1. The molecule has 0 saturated carbocycles. The Morgan fingerprint density at radius 1 is 1.16 bits per heavy atom. The number of nitrogens with zero attached hydrogens (tertiary/aromatic N) is 8. The first-order valence-corrected chi connectivity index (χ1v) is 14.9. The third-order valence-corrected chi connectivity index (χ3v) is 8.76. The lowest BCUT2D eigenvalue weighted by atomic mass is 10.1. The van der Waals surface area contributed by atoms with E-state index in [2.05, 4.69) is 25.5 Å². The molecule has 1 atom stereocenters. The first kappa shape index (κ1) is 27.2. The van der Waals surface area contributed by atoms with Gasteiger partial charge in [0.05, 0.1) is 29.3 Å². The molecule has 0 spiro atoms. The number of H-pyrrole nitrogens is 1. The molecule has 13 nitrogen and oxygen atoms in total. The summed E-state index contributed by atoms with van der Waals surface area (Å²) in [7, 11) is 0. The predicted molar refractivity (Wildman–Crippen MR) is 156 cm³/mol. The van der Waals surface area contributed by atoms with E-state index in [1.165, 1.54) is 28.4 Å². The van der Waals surface area contributed by atoms with Crippen molar-refractivity contribution >= 4 is 34.8 Å². The second-order valence-electron chi connectivity index (χ2n) is 10.3. The Bertz CT molecular complexity index is 1890. The van der Waals surface area contributed by atoms with Crippen molar-refractivity contribution in [2.24, 2.45) is 0 Å². The minimum atomic E-state index is -0.537. The topological polar surface area (TPSA) is 154 Å². The number of aromatic nitrogens is 8. The van der Waals surface area contributed by atoms with Gasteiger partial charge in [0.15, 0.2) is 6.61 Å². The summed E-state index contributed by atoms with van der Waals surface area (Å²) in [5.74, 6) is 0.547. The summed E-state index contributed by atoms with van der Waals surface area (Å²) in [6, 6.07) is 8.10. The number of ether oxygens (including phenoxy) is 1. The summed E-state index contributed by atoms with van der Waals surface area (Å²) in [4.78, 5) is 53.0. The lowest BCUT2D eigenvalue weighted by Gasteiger charge is -2.14. The number of thiophene rings is 1. The van der Waals surface area contributed by atoms with E-state index >= 15 is 0 Å². The molecule has 218 valence electrons. The lowest BCUT2D eigenvalue weighted by Crippen LogP contribution is -2.31. The number of nitrogens with one attached hydrogen (secondary N) is 1. The Labute approximate surface area is 253 Å². The zero-order chi connectivity index (χ0) is 29.5. The highest BCUT2D eigenvalue weighted by molar-refractivity contribution is 7.12. The third-order valence-electron chi connectivity index (χ3n) is 7.62. The number of carbonyl (C=O) groups is 2. The van der Waals surface area contributed by atoms with E-state index in [0.29, 0.717) is 70.1 Å². The lowest BCUT2D eigenvalue weighted by molar-refractivity contribution is -0.133. The Hall–Kier alpha value is -4.69. The van der Waals surface area contributed by atoms with Crippen molar-refractivity contribution < 1.29 is 14.3 Å². The highest BCUT2D eigenvalue weighted by Gasteiger charge is 2.29. The monoisotopic (exact) mass is 617 g/mol. The van der Waals surface area contributed by atoms with E-state index in [9.17, 15) is 14.4 Å². The predicted octanol–water partition coefficient (Wildman–Crippen LogP) is 3.31. The van der Waals surface area contributed by atoms with Gasteiger partial charge in [-0.15, -0.1) is 16.4 Å². The molecule has 0 aliphatic carbocycles. The second-order valence-corrected chi connectivity index (χ2v) is 11.6. The first-order chi connectivity index (χ1) is 20.9. The van der Waals surface area contributed by atoms with Crippen LogP contribution in [0.4, 0.5) is 0 Å². The fraction of sp³-hybridized carbons (Fsp3) is 0.286. The number of benzene rings is 1. The van der Waals surface area contributed by atoms with Crippen LogP contribution in [0.2, 0.25) is 5.02 Å². The number of aromatic amines is 1. The molecule has 2 aliphatic heterocycles. The van der Waals surface area contributed by atoms with Gasteiger partial charge >= 0.3 is 5.97 Å². The molecule has 1 N–H and O–H groups in total. The molecular formula is C28H24ClN9O4S. The summed E-state index contributed by atoms with van der Waals surface area (Å²) in [6.07, 6.45) is 6.32. The molecule has 1 saturated heterocycles. The number of aryl methyl sites for hydroxylation is 1. The zero-order valence-electron chi connectivity index (χ0n) is 22.6. The van der Waals surface area contributed by atoms with Crippen LogP contribution < -0.4 is 5.56 Å². The van der Waals surface area contributed by atoms with E-state index < -0.39 is 5.97 Å². The molecule has 1 fully saturated rings. The number of esters is 1. The normalized spacial score (nSPS) is 16.0. The van der Waals surface area contributed by atoms with E-state index in [-0.39, 0.29) is 24.1 Å². The highest BCUT2D eigenvalue weighted by atomic mass is 35.5. The van der Waals surface area contributed by atoms with Gasteiger partial charge in [-0.2, -0.15) is 4.68 Å². The van der Waals surface area contributed by atoms with Crippen molar-refractivity contribution in [3.05, 3.63) is 80.1 Å². The van der Waals surface area contributed by atoms with Crippen molar-refractivity contribution in [2.45, 2.75) is 31.7 Å². The fourth-order valence-electron chi connectivity index (χ4n) is 5.52. The molecule has 7 rings (SSSR count). The van der Waals surface area contributed by atoms with Crippen molar-refractivity contribution in [1.29, 1.82) is 0 Å². The van der Waals surface area contributed by atoms with Gasteiger partial charge in [-0.3, -0.25) is 14.2 Å². The average Bonchev–Trinajstić information content (AvgIpc) is 3.85. The van der Waals surface area contributed by atoms with Crippen molar-refractivity contribution in [2.75, 3.05) is 19.7 Å². The van der Waals surface area contributed by atoms with Crippen molar-refractivity contribution in [3.8, 4) is 28.2 Å². The first-order valence-electron chi connectivity index (χ1n) is 13.7. The molecule has 5 aromatic rings. The molecule has 43 heavy (non-hydrogen) atoms. The number of hydrogen-bond acceptors (Lipinski definition) is 10. The smallest absolute Gasteiger partial charge is 0.348 e. The highest BCUT2D eigenvalue weighted by Crippen LogP contribution is 2.33. The number of rotatable bonds is 7. The van der Waals surface area contributed by atoms with Gasteiger partial charge in [0.1, 0.15) is 22.9 Å². The van der Waals surface area contributed by atoms with Gasteiger partial charge in [0, 0.05) is 47.1 Å². The Morgan fingerprint density at radius 3 is 2.84 bits per heavy atom. The maximum Gasteiger partial charge on any atom is 0.348 e. The number of likely N-dealkylation sites (tertiary alicyclic amines) is 1. The summed E-state index contributed by atoms with van der Waals surface area (Å²) >= 11 is 7.52. The summed E-state index contributed by atoms with van der Waals surface area (Å²) in [5.41, 5.74) is 3.01. The summed E-state index contributed by atoms with van der Waals surface area (Å²) < 4.78 is 8.41. The van der Waals surface area contributed by atoms with E-state index in [1.807, 2.05) is 5.38 Å². The van der Waals surface area contributed by atoms with Gasteiger partial charge in [0.2, 0.25) is 0 Å². The van der Waals surface area contributed by atoms with E-state index in [1.54, 1.807) is 39.9 Å². The zero-order valence-corrected chi connectivity index (χ0v) is 24.2. The molecule has 2 aliphatic rings. The Kier molecular flexibility index (Phi) is 7.07. The number of fused-ring (bicyclic) bond motifs is 1. The van der Waals surface area contributed by atoms with Crippen LogP contribution in [0.15, 0.2) is 53.0 Å². The van der Waals surface area contributed by atoms with E-state index in [4.69, 9.17) is 21.3 Å². The summed E-state index contributed by atoms with van der Waals surface area (Å²) in [6.45, 7) is 1.16. The molecule has 1 aromatic carbocycles. The Morgan fingerprint density at radius 2 is 2.02 bits per heavy atom. The molecule has 0 bridgehead atoms. The van der Waals surface area contributed by atoms with Gasteiger partial charge in [-0.25, -0.2) is 14.8 Å². The molecular weight excluding hydrogens is 594 g/mol. The van der Waals surface area contributed by atoms with Crippen LogP contribution in [-0.2, 0) is 16.0 Å². The van der Waals surface area contributed by atoms with Gasteiger partial charge < -0.3 is 14.6 Å². The van der Waals surface area contributed by atoms with Crippen LogP contribution in [0.3, 0.4) is 0 Å². The van der Waals surface area contributed by atoms with Crippen LogP contribution in [0.1, 0.15) is 46.6 Å². The average molecular weight is 618 g/mol. The second kappa shape index (κ2) is 11.2. The largest absolute Gasteiger partial charge is 0.451 e. The van der Waals surface area contributed by atoms with Crippen molar-refractivity contribution in [1.82, 2.24) is 44.6 Å². The standard InChI is InChI=1S/C28H24ClN9O4S/c29-17-3-4-21(37-15-31-34-35-37)18(10-17)19-11-25(39)38-22(5-6-24(38)32-19)27-30-12-20(33-27)16-9-23(43-14-16)28(41)42-13-26(40)36-7-1-2-8-36/h3-4,9-12,14-15,22H,1-2,5-8,13H2,(H,30,33)/t22-/m0/s1. The Balaban J connectivity index is 1.10. The van der Waals surface area contributed by atoms with Crippen LogP contribution in [-0.4, -0.2) is 76.2 Å². The number of halogens is 1. The van der Waals surface area contributed by atoms with Crippen LogP contribution >= 0.6 is 22.9 Å². The van der Waals surface area contributed by atoms with Gasteiger partial charge in [-0.05, 0) is 54.0 Å². The fourth-order valence-corrected chi connectivity index (χ4v) is 6.49. The van der Waals surface area contributed by atoms with Crippen LogP contribution in [0, 0.1) is 0 Å². The molecule has 15 heteroatoms. The minimum Gasteiger partial charge on any atom is -0.451 e. The number of amides is 1. The SMILES string of the molecule is O=C(OCC(=O)N1CCCC1)c1cc(-c2cnc([C@@H]3CCc4nc(-c5cc(Cl)ccc5-n5cnnn5)cc(=O)n43)[nH]2)cs1. The van der Waals surface area contributed by atoms with Gasteiger partial charge in [0.25, 0.3) is 11.5 Å². The minimum absolute atomic E-state index is 0.171. The van der Waals surface area contributed by atoms with Crippen LogP contribution in [0.25, 0.3) is 28.2 Å². The summed E-state index contributed by atoms with van der Waals surface area (Å²) in [5, 5.41) is 13.7. The molecule has 4 aromatic heterocycles. The number of carbonyl (C=O) groups excluding carboxylic acids is 2. The van der Waals surface area contributed by atoms with E-state index in [0.717, 1.165) is 18.4 Å².